The van der Waals surface area contributed by atoms with E-state index in [1.54, 1.807) is 0 Å². The molecule has 4 heteroatoms. The number of piperidine rings is 1. The van der Waals surface area contributed by atoms with E-state index >= 15 is 0 Å². The number of nitrogens with one attached hydrogen (secondary N) is 1. The van der Waals surface area contributed by atoms with E-state index in [4.69, 9.17) is 4.74 Å². The van der Waals surface area contributed by atoms with Gasteiger partial charge in [-0.2, -0.15) is 0 Å². The fourth-order valence-electron chi connectivity index (χ4n) is 4.97. The number of hydrogen-bond acceptors (Lipinski definition) is 3. The van der Waals surface area contributed by atoms with E-state index in [0.29, 0.717) is 0 Å². The third-order valence-corrected chi connectivity index (χ3v) is 6.83. The maximum absolute atomic E-state index is 12.2. The summed E-state index contributed by atoms with van der Waals surface area (Å²) in [5.74, 6) is 1.03. The predicted octanol–water partition coefficient (Wildman–Crippen LogP) is 5.33. The average molecular weight is 429 g/mol. The van der Waals surface area contributed by atoms with Gasteiger partial charge in [0.25, 0.3) is 5.56 Å². The summed E-state index contributed by atoms with van der Waals surface area (Å²) < 4.78 is 5.85. The van der Waals surface area contributed by atoms with E-state index in [0.717, 1.165) is 54.6 Å². The monoisotopic (exact) mass is 428 g/mol. The van der Waals surface area contributed by atoms with Crippen LogP contribution in [0, 0.1) is 0 Å². The Bertz CT molecular complexity index is 1200. The van der Waals surface area contributed by atoms with Gasteiger partial charge in [0.15, 0.2) is 0 Å². The lowest BCUT2D eigenvalue weighted by Gasteiger charge is -2.25. The zero-order valence-corrected chi connectivity index (χ0v) is 19.0. The summed E-state index contributed by atoms with van der Waals surface area (Å²) in [5.41, 5.74) is 6.74. The second-order valence-electron chi connectivity index (χ2n) is 9.03. The number of likely N-dealkylation sites (tertiary alicyclic amines) is 1. The van der Waals surface area contributed by atoms with E-state index in [1.807, 2.05) is 19.1 Å². The molecule has 0 radical (unpaired) electrons. The molecule has 2 aliphatic heterocycles. The Morgan fingerprint density at radius 2 is 1.84 bits per heavy atom. The number of rotatable bonds is 5. The van der Waals surface area contributed by atoms with Crippen LogP contribution in [0.4, 0.5) is 0 Å². The molecule has 0 atom stereocenters. The highest BCUT2D eigenvalue weighted by molar-refractivity contribution is 5.88. The molecule has 0 unspecified atom stereocenters. The minimum atomic E-state index is 0.0169. The average Bonchev–Trinajstić information content (AvgIpc) is 2.84. The molecule has 0 spiro atoms. The third-order valence-electron chi connectivity index (χ3n) is 6.83. The van der Waals surface area contributed by atoms with E-state index in [2.05, 4.69) is 46.3 Å². The Kier molecular flexibility index (Phi) is 6.13. The van der Waals surface area contributed by atoms with Crippen LogP contribution < -0.4 is 10.3 Å². The lowest BCUT2D eigenvalue weighted by molar-refractivity contribution is 0.252. The molecule has 0 bridgehead atoms. The Hall–Kier alpha value is -2.85. The maximum atomic E-state index is 12.2. The van der Waals surface area contributed by atoms with Crippen LogP contribution in [0.15, 0.2) is 53.3 Å². The van der Waals surface area contributed by atoms with Crippen LogP contribution in [-0.4, -0.2) is 36.1 Å². The second-order valence-corrected chi connectivity index (χ2v) is 9.03. The van der Waals surface area contributed by atoms with Gasteiger partial charge in [-0.05, 0) is 103 Å². The molecular formula is C28H32N2O2. The first-order chi connectivity index (χ1) is 15.7. The zero-order chi connectivity index (χ0) is 21.9. The summed E-state index contributed by atoms with van der Waals surface area (Å²) in [6.07, 6.45) is 9.21. The molecule has 2 aliphatic rings. The molecule has 2 aromatic carbocycles. The lowest BCUT2D eigenvalue weighted by atomic mass is 9.93. The van der Waals surface area contributed by atoms with Crippen molar-refractivity contribution in [2.24, 2.45) is 0 Å². The fraction of sp³-hybridized carbons (Fsp3) is 0.393. The van der Waals surface area contributed by atoms with Crippen molar-refractivity contribution in [2.45, 2.75) is 45.4 Å². The number of aryl methyl sites for hydroxylation is 2. The smallest absolute Gasteiger partial charge is 0.251 e. The van der Waals surface area contributed by atoms with Crippen molar-refractivity contribution < 1.29 is 4.74 Å². The number of H-pyrrole nitrogens is 1. The SMILES string of the molecule is CCc1cc2cc(/C(=C/CN3CCCCC3)c3ccc4c(c3)CCCO4)ccc2[nH]c1=O. The number of fused-ring (bicyclic) bond motifs is 2. The van der Waals surface area contributed by atoms with E-state index in [1.165, 1.54) is 54.6 Å². The molecule has 0 saturated carbocycles. The topological polar surface area (TPSA) is 45.3 Å². The molecule has 1 N–H and O–H groups in total. The highest BCUT2D eigenvalue weighted by Gasteiger charge is 2.15. The molecule has 4 nitrogen and oxygen atoms in total. The van der Waals surface area contributed by atoms with E-state index < -0.39 is 0 Å². The summed E-state index contributed by atoms with van der Waals surface area (Å²) in [5, 5.41) is 1.09. The molecule has 166 valence electrons. The Morgan fingerprint density at radius 1 is 1.03 bits per heavy atom. The van der Waals surface area contributed by atoms with Gasteiger partial charge in [-0.3, -0.25) is 9.69 Å². The Morgan fingerprint density at radius 3 is 2.69 bits per heavy atom. The molecule has 32 heavy (non-hydrogen) atoms. The summed E-state index contributed by atoms with van der Waals surface area (Å²) >= 11 is 0. The molecule has 1 aromatic heterocycles. The first-order valence-electron chi connectivity index (χ1n) is 12.1. The minimum Gasteiger partial charge on any atom is -0.493 e. The van der Waals surface area contributed by atoms with Crippen LogP contribution in [0.3, 0.4) is 0 Å². The van der Waals surface area contributed by atoms with Gasteiger partial charge in [0.1, 0.15) is 5.75 Å². The fourth-order valence-corrected chi connectivity index (χ4v) is 4.97. The van der Waals surface area contributed by atoms with Crippen molar-refractivity contribution in [3.8, 4) is 5.75 Å². The van der Waals surface area contributed by atoms with Crippen molar-refractivity contribution in [1.29, 1.82) is 0 Å². The van der Waals surface area contributed by atoms with Gasteiger partial charge in [0, 0.05) is 17.6 Å². The van der Waals surface area contributed by atoms with E-state index in [9.17, 15) is 4.79 Å². The Labute approximate surface area is 189 Å². The van der Waals surface area contributed by atoms with Gasteiger partial charge < -0.3 is 9.72 Å². The summed E-state index contributed by atoms with van der Waals surface area (Å²) in [7, 11) is 0. The van der Waals surface area contributed by atoms with Crippen LogP contribution in [0.2, 0.25) is 0 Å². The first-order valence-corrected chi connectivity index (χ1v) is 12.1. The number of ether oxygens (including phenoxy) is 1. The van der Waals surface area contributed by atoms with Crippen molar-refractivity contribution >= 4 is 16.5 Å². The van der Waals surface area contributed by atoms with Gasteiger partial charge in [-0.25, -0.2) is 0 Å². The molecule has 1 fully saturated rings. The second kappa shape index (κ2) is 9.33. The maximum Gasteiger partial charge on any atom is 0.251 e. The highest BCUT2D eigenvalue weighted by Crippen LogP contribution is 2.32. The van der Waals surface area contributed by atoms with Gasteiger partial charge >= 0.3 is 0 Å². The quantitative estimate of drug-likeness (QED) is 0.597. The molecule has 0 aliphatic carbocycles. The van der Waals surface area contributed by atoms with Crippen LogP contribution in [-0.2, 0) is 12.8 Å². The van der Waals surface area contributed by atoms with Crippen LogP contribution in [0.1, 0.15) is 54.9 Å². The van der Waals surface area contributed by atoms with Crippen molar-refractivity contribution in [3.63, 3.8) is 0 Å². The van der Waals surface area contributed by atoms with Gasteiger partial charge in [-0.15, -0.1) is 0 Å². The molecule has 0 amide bonds. The summed E-state index contributed by atoms with van der Waals surface area (Å²) in [6.45, 7) is 6.17. The summed E-state index contributed by atoms with van der Waals surface area (Å²) in [6, 6.07) is 15.1. The van der Waals surface area contributed by atoms with Crippen LogP contribution in [0.25, 0.3) is 16.5 Å². The number of aromatic amines is 1. The standard InChI is InChI=1S/C28H32N2O2/c1-2-20-17-24-19-21(8-10-26(24)29-28(20)31)25(12-15-30-13-4-3-5-14-30)22-9-11-27-23(18-22)7-6-16-32-27/h8-12,17-19H,2-7,13-16H2,1H3,(H,29,31)/b25-12-. The van der Waals surface area contributed by atoms with Gasteiger partial charge in [0.2, 0.25) is 0 Å². The minimum absolute atomic E-state index is 0.0169. The Balaban J connectivity index is 1.57. The number of nitrogens with zero attached hydrogens (tertiary/aromatic N) is 1. The molecule has 3 aromatic rings. The van der Waals surface area contributed by atoms with Crippen molar-refractivity contribution in [3.05, 3.63) is 81.1 Å². The number of aromatic nitrogens is 1. The first kappa shape index (κ1) is 21.0. The normalized spacial score (nSPS) is 17.2. The van der Waals surface area contributed by atoms with Gasteiger partial charge in [0.05, 0.1) is 6.61 Å². The van der Waals surface area contributed by atoms with Gasteiger partial charge in [-0.1, -0.05) is 31.6 Å². The molecular weight excluding hydrogens is 396 g/mol. The molecule has 1 saturated heterocycles. The van der Waals surface area contributed by atoms with Crippen LogP contribution in [0.5, 0.6) is 5.75 Å². The highest BCUT2D eigenvalue weighted by atomic mass is 16.5. The molecule has 5 rings (SSSR count). The molecule has 3 heterocycles. The van der Waals surface area contributed by atoms with E-state index in [-0.39, 0.29) is 5.56 Å². The summed E-state index contributed by atoms with van der Waals surface area (Å²) in [4.78, 5) is 17.8. The number of benzene rings is 2. The third kappa shape index (κ3) is 4.37. The number of hydrogen-bond donors (Lipinski definition) is 1. The predicted molar refractivity (Wildman–Crippen MR) is 132 cm³/mol. The largest absolute Gasteiger partial charge is 0.493 e. The van der Waals surface area contributed by atoms with Crippen molar-refractivity contribution in [2.75, 3.05) is 26.2 Å². The van der Waals surface area contributed by atoms with Crippen LogP contribution >= 0.6 is 0 Å². The lowest BCUT2D eigenvalue weighted by Crippen LogP contribution is -2.29. The number of pyridine rings is 1. The van der Waals surface area contributed by atoms with Crippen molar-refractivity contribution in [1.82, 2.24) is 9.88 Å². The zero-order valence-electron chi connectivity index (χ0n) is 19.0.